The zero-order chi connectivity index (χ0) is 58.6. The molecule has 0 aliphatic heterocycles. The van der Waals surface area contributed by atoms with E-state index in [1.807, 2.05) is 23.5 Å². The Balaban J connectivity index is 0.000000187. The summed E-state index contributed by atoms with van der Waals surface area (Å²) in [5.41, 5.74) is -6.05. The summed E-state index contributed by atoms with van der Waals surface area (Å²) in [5.74, 6) is 0. The first-order valence-corrected chi connectivity index (χ1v) is 31.9. The third-order valence-corrected chi connectivity index (χ3v) is 18.1. The Hall–Kier alpha value is -6.30. The predicted molar refractivity (Wildman–Crippen MR) is 322 cm³/mol. The summed E-state index contributed by atoms with van der Waals surface area (Å²) in [4.78, 5) is 15.1. The van der Waals surface area contributed by atoms with Crippen molar-refractivity contribution in [3.63, 3.8) is 0 Å². The van der Waals surface area contributed by atoms with Crippen LogP contribution >= 0.6 is 70.6 Å². The molecule has 0 fully saturated rings. The summed E-state index contributed by atoms with van der Waals surface area (Å²) in [5, 5.41) is 0. The lowest BCUT2D eigenvalue weighted by atomic mass is 10.1. The minimum Gasteiger partial charge on any atom is -0.279 e. The van der Waals surface area contributed by atoms with Gasteiger partial charge in [0.25, 0.3) is 0 Å². The van der Waals surface area contributed by atoms with Crippen LogP contribution < -0.4 is 0 Å². The monoisotopic (exact) mass is 1260 g/mol. The Morgan fingerprint density at radius 2 is 0.415 bits per heavy atom. The van der Waals surface area contributed by atoms with Crippen molar-refractivity contribution in [1.29, 1.82) is 0 Å². The van der Waals surface area contributed by atoms with Crippen LogP contribution in [0.1, 0.15) is 0 Å². The van der Waals surface area contributed by atoms with Crippen molar-refractivity contribution in [1.82, 2.24) is 0 Å². The summed E-state index contributed by atoms with van der Waals surface area (Å²) >= 11 is 10.8. The van der Waals surface area contributed by atoms with E-state index in [-0.39, 0.29) is 0 Å². The van der Waals surface area contributed by atoms with Crippen LogP contribution in [-0.4, -0.2) is 37.0 Å². The number of hydrogen-bond acceptors (Lipinski definition) is 10. The highest BCUT2D eigenvalue weighted by Crippen LogP contribution is 2.41. The molecule has 0 radical (unpaired) electrons. The summed E-state index contributed by atoms with van der Waals surface area (Å²) in [6, 6.07) is 94.8. The lowest BCUT2D eigenvalue weighted by Crippen LogP contribution is -2.21. The Labute approximate surface area is 498 Å². The van der Waals surface area contributed by atoms with Crippen LogP contribution in [0.2, 0.25) is 0 Å². The van der Waals surface area contributed by atoms with Gasteiger partial charge in [0, 0.05) is 58.7 Å². The zero-order valence-corrected chi connectivity index (χ0v) is 49.0. The molecule has 0 spiro atoms. The number of alkyl halides is 6. The first-order chi connectivity index (χ1) is 39.2. The molecule has 0 atom stereocenters. The molecular weight excluding hydrogens is 1210 g/mol. The molecule has 82 heavy (non-hydrogen) atoms. The lowest BCUT2D eigenvalue weighted by molar-refractivity contribution is -0.0514. The van der Waals surface area contributed by atoms with Crippen molar-refractivity contribution in [2.45, 2.75) is 69.8 Å². The molecule has 0 aliphatic rings. The summed E-state index contributed by atoms with van der Waals surface area (Å²) < 4.78 is 115. The topological polar surface area (TPSA) is 109 Å². The van der Waals surface area contributed by atoms with E-state index in [2.05, 4.69) is 267 Å². The van der Waals surface area contributed by atoms with E-state index in [0.717, 1.165) is 0 Å². The Morgan fingerprint density at radius 3 is 0.634 bits per heavy atom. The van der Waals surface area contributed by atoms with Crippen LogP contribution in [0.25, 0.3) is 22.3 Å². The van der Waals surface area contributed by atoms with Crippen molar-refractivity contribution in [2.24, 2.45) is 0 Å². The van der Waals surface area contributed by atoms with E-state index < -0.39 is 31.3 Å². The van der Waals surface area contributed by atoms with Crippen LogP contribution in [-0.2, 0) is 20.2 Å². The molecule has 0 heterocycles. The van der Waals surface area contributed by atoms with E-state index in [1.54, 1.807) is 47.0 Å². The molecule has 10 aromatic carbocycles. The molecule has 10 aromatic rings. The first-order valence-electron chi connectivity index (χ1n) is 24.1. The van der Waals surface area contributed by atoms with Gasteiger partial charge in [-0.1, -0.05) is 204 Å². The Morgan fingerprint density at radius 1 is 0.244 bits per heavy atom. The lowest BCUT2D eigenvalue weighted by Gasteiger charge is -2.11. The highest BCUT2D eigenvalue weighted by Gasteiger charge is 2.45. The predicted octanol–water partition coefficient (Wildman–Crippen LogP) is 20.4. The van der Waals surface area contributed by atoms with E-state index in [1.165, 1.54) is 81.0 Å². The largest absolute Gasteiger partial charge is 0.522 e. The van der Waals surface area contributed by atoms with E-state index in [0.29, 0.717) is 0 Å². The molecule has 0 saturated heterocycles. The van der Waals surface area contributed by atoms with Crippen molar-refractivity contribution in [3.05, 3.63) is 267 Å². The van der Waals surface area contributed by atoms with Gasteiger partial charge in [-0.2, -0.15) is 43.2 Å². The summed E-state index contributed by atoms with van der Waals surface area (Å²) in [6.45, 7) is 0. The summed E-state index contributed by atoms with van der Waals surface area (Å²) in [7, 11) is -11.7. The van der Waals surface area contributed by atoms with Gasteiger partial charge in [-0.3, -0.25) is 9.11 Å². The number of benzene rings is 10. The second-order valence-corrected chi connectivity index (χ2v) is 26.3. The number of hydrogen-bond donors (Lipinski definition) is 2. The van der Waals surface area contributed by atoms with Crippen LogP contribution in [0.4, 0.5) is 26.3 Å². The Bertz CT molecular complexity index is 3540. The third-order valence-electron chi connectivity index (χ3n) is 10.7. The smallest absolute Gasteiger partial charge is 0.279 e. The molecule has 0 aliphatic carbocycles. The fourth-order valence-electron chi connectivity index (χ4n) is 6.90. The first kappa shape index (κ1) is 63.3. The molecule has 0 saturated carbocycles. The van der Waals surface area contributed by atoms with E-state index >= 15 is 0 Å². The average Bonchev–Trinajstić information content (AvgIpc) is 3.48. The molecule has 420 valence electrons. The molecule has 0 bridgehead atoms. The quantitative estimate of drug-likeness (QED) is 0.0615. The molecule has 0 amide bonds. The van der Waals surface area contributed by atoms with Gasteiger partial charge in [0.15, 0.2) is 0 Å². The van der Waals surface area contributed by atoms with Gasteiger partial charge in [-0.15, -0.1) is 0 Å². The van der Waals surface area contributed by atoms with Gasteiger partial charge >= 0.3 is 31.3 Å². The Kier molecular flexibility index (Phi) is 23.4. The maximum atomic E-state index is 10.7. The number of halogens is 6. The third kappa shape index (κ3) is 20.5. The number of rotatable bonds is 14. The van der Waals surface area contributed by atoms with Crippen LogP contribution in [0.15, 0.2) is 326 Å². The standard InChI is InChI=1S/2C30H22S3.2CHF3O3S/c2*1-3-9-24(10-4-1)31-26-17-15-23(16-18-26)29-13-7-8-14-30(29)33-28-21-19-27(20-22-28)32-25-11-5-2-6-12-25;2*2-1(3,4)8(5,6)7/h2*1-22H;2*(H,5,6,7). The molecule has 2 N–H and O–H groups in total. The van der Waals surface area contributed by atoms with Crippen molar-refractivity contribution < 1.29 is 52.3 Å². The minimum absolute atomic E-state index is 1.24. The molecule has 6 nitrogen and oxygen atoms in total. The second-order valence-electron chi connectivity index (χ2n) is 16.7. The van der Waals surface area contributed by atoms with Crippen molar-refractivity contribution in [2.75, 3.05) is 0 Å². The van der Waals surface area contributed by atoms with Gasteiger partial charge in [0.1, 0.15) is 0 Å². The molecule has 10 rings (SSSR count). The van der Waals surface area contributed by atoms with E-state index in [9.17, 15) is 26.3 Å². The van der Waals surface area contributed by atoms with Gasteiger partial charge in [-0.05, 0) is 156 Å². The van der Waals surface area contributed by atoms with Crippen LogP contribution in [0, 0.1) is 0 Å². The maximum Gasteiger partial charge on any atom is 0.522 e. The molecular formula is C62H46F6O6S8. The molecule has 0 unspecified atom stereocenters. The van der Waals surface area contributed by atoms with Gasteiger partial charge in [-0.25, -0.2) is 0 Å². The molecule has 0 aromatic heterocycles. The van der Waals surface area contributed by atoms with Crippen LogP contribution in [0.5, 0.6) is 0 Å². The fraction of sp³-hybridized carbons (Fsp3) is 0.0323. The van der Waals surface area contributed by atoms with E-state index in [4.69, 9.17) is 25.9 Å². The zero-order valence-electron chi connectivity index (χ0n) is 42.5. The maximum absolute atomic E-state index is 10.7. The average molecular weight is 1260 g/mol. The minimum atomic E-state index is -5.84. The van der Waals surface area contributed by atoms with Crippen LogP contribution in [0.3, 0.4) is 0 Å². The SMILES string of the molecule is O=S(=O)(O)C(F)(F)F.O=S(=O)(O)C(F)(F)F.c1ccc(Sc2ccc(Sc3ccccc3-c3ccc(Sc4ccccc4)cc3)cc2)cc1.c1ccc(Sc2ccc(Sc3ccccc3-c3ccc(Sc4ccccc4)cc3)cc2)cc1. The molecule has 20 heteroatoms. The second kappa shape index (κ2) is 30.3. The van der Waals surface area contributed by atoms with Gasteiger partial charge in [0.05, 0.1) is 0 Å². The summed E-state index contributed by atoms with van der Waals surface area (Å²) in [6.07, 6.45) is 0. The van der Waals surface area contributed by atoms with Crippen molar-refractivity contribution >= 4 is 90.8 Å². The highest BCUT2D eigenvalue weighted by molar-refractivity contribution is 8.00. The normalized spacial score (nSPS) is 11.4. The fourth-order valence-corrected chi connectivity index (χ4v) is 12.2. The van der Waals surface area contributed by atoms with Gasteiger partial charge < -0.3 is 0 Å². The van der Waals surface area contributed by atoms with Crippen molar-refractivity contribution in [3.8, 4) is 22.3 Å². The van der Waals surface area contributed by atoms with Gasteiger partial charge in [0.2, 0.25) is 0 Å². The highest BCUT2D eigenvalue weighted by atomic mass is 32.2.